The molecule has 1 nitrogen and oxygen atoms in total. The molecule has 0 fully saturated rings. The molecule has 112 valence electrons. The van der Waals surface area contributed by atoms with E-state index in [1.54, 1.807) is 12.1 Å². The van der Waals surface area contributed by atoms with Gasteiger partial charge >= 0.3 is 6.18 Å². The Morgan fingerprint density at radius 1 is 1.10 bits per heavy atom. The lowest BCUT2D eigenvalue weighted by atomic mass is 10.1. The number of hydrogen-bond acceptors (Lipinski definition) is 1. The van der Waals surface area contributed by atoms with Crippen molar-refractivity contribution in [3.63, 3.8) is 0 Å². The first kappa shape index (κ1) is 15.9. The van der Waals surface area contributed by atoms with Gasteiger partial charge in [-0.2, -0.15) is 13.2 Å². The van der Waals surface area contributed by atoms with Crippen LogP contribution in [0.2, 0.25) is 5.02 Å². The summed E-state index contributed by atoms with van der Waals surface area (Å²) in [5.41, 5.74) is 0.877. The molecule has 0 amide bonds. The molecule has 1 N–H and O–H groups in total. The molecule has 0 aliphatic heterocycles. The van der Waals surface area contributed by atoms with E-state index in [1.165, 1.54) is 6.07 Å². The van der Waals surface area contributed by atoms with Gasteiger partial charge in [0.2, 0.25) is 0 Å². The SMILES string of the molecule is CC(NCc1cccc(C(F)(F)F)c1)c1ccccc1Cl. The summed E-state index contributed by atoms with van der Waals surface area (Å²) >= 11 is 6.10. The minimum Gasteiger partial charge on any atom is -0.306 e. The van der Waals surface area contributed by atoms with E-state index in [0.717, 1.165) is 17.7 Å². The molecule has 2 rings (SSSR count). The van der Waals surface area contributed by atoms with Crippen LogP contribution in [0.15, 0.2) is 48.5 Å². The van der Waals surface area contributed by atoms with E-state index in [-0.39, 0.29) is 6.04 Å². The molecule has 0 saturated carbocycles. The Labute approximate surface area is 126 Å². The van der Waals surface area contributed by atoms with Crippen LogP contribution in [-0.4, -0.2) is 0 Å². The van der Waals surface area contributed by atoms with Gasteiger partial charge in [0.05, 0.1) is 5.56 Å². The number of nitrogens with one attached hydrogen (secondary N) is 1. The summed E-state index contributed by atoms with van der Waals surface area (Å²) < 4.78 is 37.9. The lowest BCUT2D eigenvalue weighted by molar-refractivity contribution is -0.137. The Kier molecular flexibility index (Phi) is 4.91. The van der Waals surface area contributed by atoms with Crippen molar-refractivity contribution in [3.05, 3.63) is 70.2 Å². The third kappa shape index (κ3) is 4.22. The monoisotopic (exact) mass is 313 g/mol. The molecule has 2 aromatic carbocycles. The molecule has 5 heteroatoms. The average Bonchev–Trinajstić information content (AvgIpc) is 2.45. The molecule has 0 heterocycles. The van der Waals surface area contributed by atoms with Crippen LogP contribution in [0.3, 0.4) is 0 Å². The molecular formula is C16H15ClF3N. The van der Waals surface area contributed by atoms with E-state index in [4.69, 9.17) is 11.6 Å². The van der Waals surface area contributed by atoms with Gasteiger partial charge < -0.3 is 5.32 Å². The number of halogens is 4. The molecule has 0 aromatic heterocycles. The largest absolute Gasteiger partial charge is 0.416 e. The number of alkyl halides is 3. The lowest BCUT2D eigenvalue weighted by Gasteiger charge is -2.16. The second-order valence-electron chi connectivity index (χ2n) is 4.82. The Balaban J connectivity index is 2.05. The fourth-order valence-corrected chi connectivity index (χ4v) is 2.36. The van der Waals surface area contributed by atoms with Gasteiger partial charge in [-0.25, -0.2) is 0 Å². The zero-order valence-electron chi connectivity index (χ0n) is 11.4. The van der Waals surface area contributed by atoms with Crippen molar-refractivity contribution in [1.82, 2.24) is 5.32 Å². The van der Waals surface area contributed by atoms with Crippen LogP contribution in [0.1, 0.15) is 29.7 Å². The third-order valence-corrected chi connectivity index (χ3v) is 3.58. The Hall–Kier alpha value is -1.52. The summed E-state index contributed by atoms with van der Waals surface area (Å²) in [7, 11) is 0. The van der Waals surface area contributed by atoms with Gasteiger partial charge in [-0.05, 0) is 30.2 Å². The minimum atomic E-state index is -4.32. The normalized spacial score (nSPS) is 13.2. The summed E-state index contributed by atoms with van der Waals surface area (Å²) in [5, 5.41) is 3.82. The topological polar surface area (TPSA) is 12.0 Å². The first-order valence-electron chi connectivity index (χ1n) is 6.52. The number of rotatable bonds is 4. The average molecular weight is 314 g/mol. The fraction of sp³-hybridized carbons (Fsp3) is 0.250. The molecule has 2 aromatic rings. The van der Waals surface area contributed by atoms with Gasteiger partial charge in [0.15, 0.2) is 0 Å². The van der Waals surface area contributed by atoms with Gasteiger partial charge in [-0.15, -0.1) is 0 Å². The van der Waals surface area contributed by atoms with E-state index in [1.807, 2.05) is 25.1 Å². The quantitative estimate of drug-likeness (QED) is 0.817. The second kappa shape index (κ2) is 6.50. The van der Waals surface area contributed by atoms with E-state index >= 15 is 0 Å². The standard InChI is InChI=1S/C16H15ClF3N/c1-11(14-7-2-3-8-15(14)17)21-10-12-5-4-6-13(9-12)16(18,19)20/h2-9,11,21H,10H2,1H3. The predicted octanol–water partition coefficient (Wildman–Crippen LogP) is 5.21. The zero-order chi connectivity index (χ0) is 15.5. The van der Waals surface area contributed by atoms with Gasteiger partial charge in [-0.1, -0.05) is 48.0 Å². The van der Waals surface area contributed by atoms with Crippen molar-refractivity contribution in [1.29, 1.82) is 0 Å². The number of hydrogen-bond donors (Lipinski definition) is 1. The van der Waals surface area contributed by atoms with Crippen molar-refractivity contribution in [2.45, 2.75) is 25.7 Å². The van der Waals surface area contributed by atoms with Gasteiger partial charge in [0, 0.05) is 17.6 Å². The zero-order valence-corrected chi connectivity index (χ0v) is 12.2. The molecule has 21 heavy (non-hydrogen) atoms. The van der Waals surface area contributed by atoms with Crippen LogP contribution in [0.5, 0.6) is 0 Å². The van der Waals surface area contributed by atoms with E-state index in [2.05, 4.69) is 5.32 Å². The number of benzene rings is 2. The fourth-order valence-electron chi connectivity index (χ4n) is 2.06. The Morgan fingerprint density at radius 3 is 2.48 bits per heavy atom. The van der Waals surface area contributed by atoms with Crippen LogP contribution < -0.4 is 5.32 Å². The molecule has 0 aliphatic carbocycles. The molecule has 0 aliphatic rings. The van der Waals surface area contributed by atoms with Crippen molar-refractivity contribution in [2.24, 2.45) is 0 Å². The molecule has 0 radical (unpaired) electrons. The van der Waals surface area contributed by atoms with Gasteiger partial charge in [0.1, 0.15) is 0 Å². The smallest absolute Gasteiger partial charge is 0.306 e. The lowest BCUT2D eigenvalue weighted by Crippen LogP contribution is -2.18. The van der Waals surface area contributed by atoms with Crippen molar-refractivity contribution < 1.29 is 13.2 Å². The molecule has 1 atom stereocenters. The first-order valence-corrected chi connectivity index (χ1v) is 6.89. The molecule has 0 spiro atoms. The maximum atomic E-state index is 12.6. The maximum Gasteiger partial charge on any atom is 0.416 e. The first-order chi connectivity index (χ1) is 9.88. The van der Waals surface area contributed by atoms with Crippen LogP contribution in [0.4, 0.5) is 13.2 Å². The predicted molar refractivity (Wildman–Crippen MR) is 78.2 cm³/mol. The maximum absolute atomic E-state index is 12.6. The van der Waals surface area contributed by atoms with Crippen molar-refractivity contribution in [3.8, 4) is 0 Å². The van der Waals surface area contributed by atoms with Gasteiger partial charge in [0.25, 0.3) is 0 Å². The highest BCUT2D eigenvalue weighted by Crippen LogP contribution is 2.29. The molecular weight excluding hydrogens is 299 g/mol. The highest BCUT2D eigenvalue weighted by atomic mass is 35.5. The van der Waals surface area contributed by atoms with E-state index in [9.17, 15) is 13.2 Å². The molecule has 0 saturated heterocycles. The Bertz CT molecular complexity index is 610. The van der Waals surface area contributed by atoms with Crippen LogP contribution in [0, 0.1) is 0 Å². The van der Waals surface area contributed by atoms with E-state index in [0.29, 0.717) is 17.1 Å². The highest BCUT2D eigenvalue weighted by Gasteiger charge is 2.30. The van der Waals surface area contributed by atoms with Crippen molar-refractivity contribution >= 4 is 11.6 Å². The van der Waals surface area contributed by atoms with Crippen LogP contribution in [-0.2, 0) is 12.7 Å². The summed E-state index contributed by atoms with van der Waals surface area (Å²) in [6.45, 7) is 2.27. The summed E-state index contributed by atoms with van der Waals surface area (Å²) in [5.74, 6) is 0. The third-order valence-electron chi connectivity index (χ3n) is 3.24. The van der Waals surface area contributed by atoms with E-state index < -0.39 is 11.7 Å². The summed E-state index contributed by atoms with van der Waals surface area (Å²) in [4.78, 5) is 0. The Morgan fingerprint density at radius 2 is 1.81 bits per heavy atom. The highest BCUT2D eigenvalue weighted by molar-refractivity contribution is 6.31. The van der Waals surface area contributed by atoms with Crippen molar-refractivity contribution in [2.75, 3.05) is 0 Å². The van der Waals surface area contributed by atoms with Crippen LogP contribution in [0.25, 0.3) is 0 Å². The minimum absolute atomic E-state index is 0.0479. The summed E-state index contributed by atoms with van der Waals surface area (Å²) in [6, 6.07) is 12.7. The molecule has 1 unspecified atom stereocenters. The van der Waals surface area contributed by atoms with Gasteiger partial charge in [-0.3, -0.25) is 0 Å². The molecule has 0 bridgehead atoms. The summed E-state index contributed by atoms with van der Waals surface area (Å²) in [6.07, 6.45) is -4.32. The second-order valence-corrected chi connectivity index (χ2v) is 5.23. The van der Waals surface area contributed by atoms with Crippen LogP contribution >= 0.6 is 11.6 Å².